The van der Waals surface area contributed by atoms with E-state index in [4.69, 9.17) is 14.6 Å². The van der Waals surface area contributed by atoms with E-state index in [1.807, 2.05) is 0 Å². The summed E-state index contributed by atoms with van der Waals surface area (Å²) < 4.78 is 9.99. The zero-order valence-electron chi connectivity index (χ0n) is 13.6. The molecule has 0 aromatic rings. The SMILES string of the molecule is CCCOC(=O)C1(O)C[C@H](O)[C@@H](NC(C)=O)[C@H](C(O)C(O)CO)O1. The number of amides is 1. The predicted molar refractivity (Wildman–Crippen MR) is 78.4 cm³/mol. The lowest BCUT2D eigenvalue weighted by Gasteiger charge is -2.45. The Balaban J connectivity index is 3.05. The Kier molecular flexibility index (Phi) is 7.52. The average molecular weight is 351 g/mol. The van der Waals surface area contributed by atoms with Crippen molar-refractivity contribution in [2.45, 2.75) is 62.9 Å². The van der Waals surface area contributed by atoms with Crippen LogP contribution in [0, 0.1) is 0 Å². The van der Waals surface area contributed by atoms with Crippen molar-refractivity contribution in [3.8, 4) is 0 Å². The first kappa shape index (κ1) is 20.7. The van der Waals surface area contributed by atoms with Gasteiger partial charge < -0.3 is 40.3 Å². The Morgan fingerprint density at radius 1 is 1.42 bits per heavy atom. The fourth-order valence-corrected chi connectivity index (χ4v) is 2.44. The molecule has 1 amide bonds. The molecule has 10 heteroatoms. The molecule has 6 atom stereocenters. The van der Waals surface area contributed by atoms with Crippen molar-refractivity contribution in [3.63, 3.8) is 0 Å². The molecule has 1 saturated heterocycles. The molecule has 1 aliphatic rings. The molecular formula is C14H25NO9. The summed E-state index contributed by atoms with van der Waals surface area (Å²) in [5.41, 5.74) is 0. The van der Waals surface area contributed by atoms with Crippen molar-refractivity contribution < 1.29 is 44.6 Å². The number of hydrogen-bond acceptors (Lipinski definition) is 9. The summed E-state index contributed by atoms with van der Waals surface area (Å²) in [5, 5.41) is 51.5. The van der Waals surface area contributed by atoms with Crippen LogP contribution in [0.4, 0.5) is 0 Å². The van der Waals surface area contributed by atoms with Gasteiger partial charge >= 0.3 is 5.97 Å². The van der Waals surface area contributed by atoms with Crippen molar-refractivity contribution >= 4 is 11.9 Å². The van der Waals surface area contributed by atoms with E-state index in [-0.39, 0.29) is 6.61 Å². The van der Waals surface area contributed by atoms with Gasteiger partial charge in [-0.15, -0.1) is 0 Å². The van der Waals surface area contributed by atoms with Crippen LogP contribution in [0.15, 0.2) is 0 Å². The average Bonchev–Trinajstić information content (AvgIpc) is 2.53. The Hall–Kier alpha value is -1.30. The van der Waals surface area contributed by atoms with Crippen LogP contribution in [0.2, 0.25) is 0 Å². The molecule has 0 bridgehead atoms. The standard InChI is InChI=1S/C14H25NO9/c1-3-4-23-13(21)14(22)5-8(18)10(15-7(2)17)12(24-14)11(20)9(19)6-16/h8-12,16,18-20,22H,3-6H2,1-2H3,(H,15,17)/t8-,9?,10+,11?,12+,14?/m0/s1. The molecule has 3 unspecified atom stereocenters. The number of aliphatic hydroxyl groups is 5. The van der Waals surface area contributed by atoms with Crippen molar-refractivity contribution in [1.29, 1.82) is 0 Å². The number of ether oxygens (including phenoxy) is 2. The van der Waals surface area contributed by atoms with Gasteiger partial charge in [0, 0.05) is 13.3 Å². The van der Waals surface area contributed by atoms with Crippen LogP contribution in [0.1, 0.15) is 26.7 Å². The highest BCUT2D eigenvalue weighted by Crippen LogP contribution is 2.31. The highest BCUT2D eigenvalue weighted by Gasteiger charge is 2.54. The normalized spacial score (nSPS) is 32.7. The minimum absolute atomic E-state index is 0.0161. The van der Waals surface area contributed by atoms with Gasteiger partial charge in [-0.1, -0.05) is 6.92 Å². The second-order valence-electron chi connectivity index (χ2n) is 5.74. The summed E-state index contributed by atoms with van der Waals surface area (Å²) in [6.07, 6.45) is -6.58. The smallest absolute Gasteiger partial charge is 0.366 e. The third-order valence-electron chi connectivity index (χ3n) is 3.63. The molecule has 24 heavy (non-hydrogen) atoms. The van der Waals surface area contributed by atoms with E-state index in [1.54, 1.807) is 6.92 Å². The van der Waals surface area contributed by atoms with Gasteiger partial charge in [0.2, 0.25) is 5.91 Å². The van der Waals surface area contributed by atoms with Gasteiger partial charge in [0.05, 0.1) is 25.4 Å². The Morgan fingerprint density at radius 3 is 2.54 bits per heavy atom. The molecule has 1 heterocycles. The fourth-order valence-electron chi connectivity index (χ4n) is 2.44. The van der Waals surface area contributed by atoms with Gasteiger partial charge in [0.25, 0.3) is 5.79 Å². The summed E-state index contributed by atoms with van der Waals surface area (Å²) >= 11 is 0. The molecular weight excluding hydrogens is 326 g/mol. The van der Waals surface area contributed by atoms with E-state index < -0.39 is 61.1 Å². The summed E-state index contributed by atoms with van der Waals surface area (Å²) in [4.78, 5) is 23.2. The third kappa shape index (κ3) is 4.85. The van der Waals surface area contributed by atoms with Gasteiger partial charge in [-0.3, -0.25) is 4.79 Å². The third-order valence-corrected chi connectivity index (χ3v) is 3.63. The van der Waals surface area contributed by atoms with Crippen molar-refractivity contribution in [1.82, 2.24) is 5.32 Å². The van der Waals surface area contributed by atoms with Gasteiger partial charge in [-0.05, 0) is 6.42 Å². The first-order chi connectivity index (χ1) is 11.2. The maximum Gasteiger partial charge on any atom is 0.366 e. The van der Waals surface area contributed by atoms with Crippen LogP contribution in [0.3, 0.4) is 0 Å². The van der Waals surface area contributed by atoms with Crippen LogP contribution >= 0.6 is 0 Å². The number of nitrogens with one attached hydrogen (secondary N) is 1. The first-order valence-corrected chi connectivity index (χ1v) is 7.65. The monoisotopic (exact) mass is 351 g/mol. The Morgan fingerprint density at radius 2 is 2.04 bits per heavy atom. The molecule has 0 spiro atoms. The van der Waals surface area contributed by atoms with E-state index in [1.165, 1.54) is 0 Å². The second-order valence-corrected chi connectivity index (χ2v) is 5.74. The number of hydrogen-bond donors (Lipinski definition) is 6. The van der Waals surface area contributed by atoms with Crippen molar-refractivity contribution in [2.24, 2.45) is 0 Å². The van der Waals surface area contributed by atoms with Crippen LogP contribution in [-0.2, 0) is 19.1 Å². The highest BCUT2D eigenvalue weighted by atomic mass is 16.7. The fraction of sp³-hybridized carbons (Fsp3) is 0.857. The first-order valence-electron chi connectivity index (χ1n) is 7.65. The Bertz CT molecular complexity index is 446. The molecule has 10 nitrogen and oxygen atoms in total. The van der Waals surface area contributed by atoms with Crippen LogP contribution in [0.5, 0.6) is 0 Å². The Labute approximate surface area is 139 Å². The number of rotatable bonds is 7. The zero-order valence-corrected chi connectivity index (χ0v) is 13.6. The summed E-state index contributed by atoms with van der Waals surface area (Å²) in [5.74, 6) is -4.26. The second kappa shape index (κ2) is 8.70. The number of carbonyl (C=O) groups is 2. The molecule has 140 valence electrons. The maximum absolute atomic E-state index is 12.0. The molecule has 0 aromatic heterocycles. The zero-order chi connectivity index (χ0) is 18.5. The topological polar surface area (TPSA) is 166 Å². The van der Waals surface area contributed by atoms with Gasteiger partial charge in [0.15, 0.2) is 0 Å². The summed E-state index contributed by atoms with van der Waals surface area (Å²) in [6.45, 7) is 2.09. The highest BCUT2D eigenvalue weighted by molar-refractivity contribution is 5.78. The van der Waals surface area contributed by atoms with E-state index >= 15 is 0 Å². The van der Waals surface area contributed by atoms with Crippen LogP contribution < -0.4 is 5.32 Å². The molecule has 0 saturated carbocycles. The molecule has 0 radical (unpaired) electrons. The minimum atomic E-state index is -2.55. The molecule has 1 rings (SSSR count). The van der Waals surface area contributed by atoms with Crippen molar-refractivity contribution in [3.05, 3.63) is 0 Å². The van der Waals surface area contributed by atoms with Crippen LogP contribution in [0.25, 0.3) is 0 Å². The molecule has 6 N–H and O–H groups in total. The quantitative estimate of drug-likeness (QED) is 0.262. The number of esters is 1. The predicted octanol–water partition coefficient (Wildman–Crippen LogP) is -3.00. The molecule has 1 fully saturated rings. The lowest BCUT2D eigenvalue weighted by Crippen LogP contribution is -2.67. The molecule has 1 aliphatic heterocycles. The molecule has 0 aliphatic carbocycles. The largest absolute Gasteiger partial charge is 0.462 e. The number of carbonyl (C=O) groups excluding carboxylic acids is 2. The lowest BCUT2D eigenvalue weighted by molar-refractivity contribution is -0.297. The number of aliphatic hydroxyl groups excluding tert-OH is 4. The van der Waals surface area contributed by atoms with E-state index in [0.29, 0.717) is 6.42 Å². The van der Waals surface area contributed by atoms with Crippen molar-refractivity contribution in [2.75, 3.05) is 13.2 Å². The van der Waals surface area contributed by atoms with Gasteiger partial charge in [0.1, 0.15) is 18.3 Å². The molecule has 0 aromatic carbocycles. The van der Waals surface area contributed by atoms with Crippen LogP contribution in [-0.4, -0.2) is 86.9 Å². The summed E-state index contributed by atoms with van der Waals surface area (Å²) in [6, 6.07) is -1.21. The lowest BCUT2D eigenvalue weighted by atomic mass is 9.88. The minimum Gasteiger partial charge on any atom is -0.462 e. The van der Waals surface area contributed by atoms with Gasteiger partial charge in [-0.25, -0.2) is 4.79 Å². The maximum atomic E-state index is 12.0. The summed E-state index contributed by atoms with van der Waals surface area (Å²) in [7, 11) is 0. The van der Waals surface area contributed by atoms with Gasteiger partial charge in [-0.2, -0.15) is 0 Å². The van der Waals surface area contributed by atoms with E-state index in [2.05, 4.69) is 5.32 Å². The van der Waals surface area contributed by atoms with E-state index in [9.17, 15) is 30.0 Å². The van der Waals surface area contributed by atoms with E-state index in [0.717, 1.165) is 6.92 Å².